The Labute approximate surface area is 235 Å². The van der Waals surface area contributed by atoms with Gasteiger partial charge in [0.05, 0.1) is 11.0 Å². The molecule has 1 heterocycles. The summed E-state index contributed by atoms with van der Waals surface area (Å²) in [6.07, 6.45) is 4.63. The maximum absolute atomic E-state index is 13.6. The number of phenols is 2. The second-order valence-electron chi connectivity index (χ2n) is 12.2. The first-order valence-electron chi connectivity index (χ1n) is 13.5. The minimum atomic E-state index is -1.58. The zero-order valence-corrected chi connectivity index (χ0v) is 24.7. The van der Waals surface area contributed by atoms with E-state index in [1.165, 1.54) is 6.92 Å². The molecule has 0 saturated heterocycles. The number of carbonyl (C=O) groups is 3. The van der Waals surface area contributed by atoms with E-state index in [-0.39, 0.29) is 34.4 Å². The molecule has 4 N–H and O–H groups in total. The number of aromatic hydroxyl groups is 2. The normalized spacial score (nSPS) is 20.1. The second kappa shape index (κ2) is 10.6. The van der Waals surface area contributed by atoms with Gasteiger partial charge in [0.25, 0.3) is 0 Å². The number of phenolic OH excluding ortho intramolecular Hbond substituents is 2. The summed E-state index contributed by atoms with van der Waals surface area (Å²) in [7, 11) is 0. The predicted octanol–water partition coefficient (Wildman–Crippen LogP) is 6.46. The lowest BCUT2D eigenvalue weighted by atomic mass is 9.69. The van der Waals surface area contributed by atoms with Gasteiger partial charge < -0.3 is 25.2 Å². The highest BCUT2D eigenvalue weighted by molar-refractivity contribution is 6.24. The number of aliphatic hydroxyl groups is 2. The molecule has 40 heavy (non-hydrogen) atoms. The molecule has 0 aromatic heterocycles. The standard InChI is InChI=1S/C32H40O8/c1-15(2)10-13-32(9)29(38)20(27(37)22(30(32)39)24(34)17(5)6)14-19-25(35)18-11-12-31(7,8)40-28(18)21(26(19)36)23(33)16(3)4/h10-12,16-17,35-38H,13-14H2,1-9H3/t32-/m0/s1. The SMILES string of the molecule is CC(C)=CC[C@]1(C)C(=O)C(C(=O)C(C)C)=C(O)C(Cc2c(O)c3c(c(C(=O)C(C)C)c2O)OC(C)(C)C=C3)=C1O. The molecule has 216 valence electrons. The van der Waals surface area contributed by atoms with Crippen molar-refractivity contribution < 1.29 is 39.5 Å². The Bertz CT molecular complexity index is 1410. The topological polar surface area (TPSA) is 141 Å². The van der Waals surface area contributed by atoms with Crippen LogP contribution >= 0.6 is 0 Å². The lowest BCUT2D eigenvalue weighted by Crippen LogP contribution is -2.39. The number of aliphatic hydroxyl groups excluding tert-OH is 2. The molecule has 1 atom stereocenters. The smallest absolute Gasteiger partial charge is 0.183 e. The van der Waals surface area contributed by atoms with Gasteiger partial charge in [0.15, 0.2) is 17.3 Å². The van der Waals surface area contributed by atoms with Crippen LogP contribution in [-0.4, -0.2) is 43.4 Å². The molecular weight excluding hydrogens is 512 g/mol. The molecule has 0 spiro atoms. The summed E-state index contributed by atoms with van der Waals surface area (Å²) in [5.41, 5.74) is -2.26. The van der Waals surface area contributed by atoms with Crippen LogP contribution in [0.3, 0.4) is 0 Å². The van der Waals surface area contributed by atoms with Crippen molar-refractivity contribution in [3.8, 4) is 17.2 Å². The van der Waals surface area contributed by atoms with Crippen molar-refractivity contribution in [2.75, 3.05) is 0 Å². The van der Waals surface area contributed by atoms with E-state index in [9.17, 15) is 34.8 Å². The lowest BCUT2D eigenvalue weighted by molar-refractivity contribution is -0.128. The summed E-state index contributed by atoms with van der Waals surface area (Å²) >= 11 is 0. The average molecular weight is 553 g/mol. The van der Waals surface area contributed by atoms with Gasteiger partial charge in [-0.25, -0.2) is 0 Å². The number of hydrogen-bond donors (Lipinski definition) is 4. The van der Waals surface area contributed by atoms with E-state index in [1.54, 1.807) is 59.8 Å². The number of ether oxygens (including phenoxy) is 1. The van der Waals surface area contributed by atoms with E-state index in [0.717, 1.165) is 5.57 Å². The Hall–Kier alpha value is -3.81. The molecule has 0 saturated carbocycles. The molecule has 8 heteroatoms. The zero-order chi connectivity index (χ0) is 30.5. The third-order valence-corrected chi connectivity index (χ3v) is 7.42. The maximum Gasteiger partial charge on any atom is 0.183 e. The number of fused-ring (bicyclic) bond motifs is 1. The third-order valence-electron chi connectivity index (χ3n) is 7.42. The molecule has 3 rings (SSSR count). The van der Waals surface area contributed by atoms with Gasteiger partial charge in [-0.05, 0) is 53.2 Å². The van der Waals surface area contributed by atoms with Crippen molar-refractivity contribution in [3.63, 3.8) is 0 Å². The number of carbonyl (C=O) groups excluding carboxylic acids is 3. The van der Waals surface area contributed by atoms with Gasteiger partial charge in [-0.3, -0.25) is 14.4 Å². The summed E-state index contributed by atoms with van der Waals surface area (Å²) in [5, 5.41) is 45.4. The maximum atomic E-state index is 13.6. The van der Waals surface area contributed by atoms with Crippen LogP contribution < -0.4 is 4.74 Å². The lowest BCUT2D eigenvalue weighted by Gasteiger charge is -2.34. The molecule has 1 aromatic rings. The fourth-order valence-electron chi connectivity index (χ4n) is 4.85. The van der Waals surface area contributed by atoms with Gasteiger partial charge in [0.1, 0.15) is 45.5 Å². The summed E-state index contributed by atoms with van der Waals surface area (Å²) in [5.74, 6) is -5.01. The largest absolute Gasteiger partial charge is 0.511 e. The van der Waals surface area contributed by atoms with Gasteiger partial charge >= 0.3 is 0 Å². The van der Waals surface area contributed by atoms with Crippen LogP contribution in [-0.2, 0) is 16.0 Å². The molecule has 0 radical (unpaired) electrons. The third kappa shape index (κ3) is 5.19. The van der Waals surface area contributed by atoms with E-state index >= 15 is 0 Å². The van der Waals surface area contributed by atoms with E-state index < -0.39 is 75.2 Å². The first kappa shape index (κ1) is 30.7. The first-order chi connectivity index (χ1) is 18.4. The Morgan fingerprint density at radius 2 is 1.52 bits per heavy atom. The van der Waals surface area contributed by atoms with Gasteiger partial charge in [0, 0.05) is 29.4 Å². The molecule has 0 bridgehead atoms. The highest BCUT2D eigenvalue weighted by atomic mass is 16.5. The fourth-order valence-corrected chi connectivity index (χ4v) is 4.85. The highest BCUT2D eigenvalue weighted by Gasteiger charge is 2.48. The van der Waals surface area contributed by atoms with E-state index in [1.807, 2.05) is 13.8 Å². The van der Waals surface area contributed by atoms with Crippen LogP contribution in [0.25, 0.3) is 6.08 Å². The monoisotopic (exact) mass is 552 g/mol. The first-order valence-corrected chi connectivity index (χ1v) is 13.5. The average Bonchev–Trinajstić information content (AvgIpc) is 2.85. The fraction of sp³-hybridized carbons (Fsp3) is 0.469. The predicted molar refractivity (Wildman–Crippen MR) is 153 cm³/mol. The molecule has 2 aliphatic rings. The van der Waals surface area contributed by atoms with Crippen LogP contribution in [0, 0.1) is 17.3 Å². The van der Waals surface area contributed by atoms with Gasteiger partial charge in [0.2, 0.25) is 0 Å². The van der Waals surface area contributed by atoms with Crippen LogP contribution in [0.2, 0.25) is 0 Å². The van der Waals surface area contributed by atoms with Crippen molar-refractivity contribution in [2.45, 2.75) is 80.8 Å². The van der Waals surface area contributed by atoms with E-state index in [2.05, 4.69) is 0 Å². The quantitative estimate of drug-likeness (QED) is 0.164. The second-order valence-corrected chi connectivity index (χ2v) is 12.2. The van der Waals surface area contributed by atoms with Crippen molar-refractivity contribution in [1.29, 1.82) is 0 Å². The number of benzene rings is 1. The minimum absolute atomic E-state index is 0.0332. The van der Waals surface area contributed by atoms with Gasteiger partial charge in [-0.2, -0.15) is 0 Å². The van der Waals surface area contributed by atoms with Crippen LogP contribution in [0.5, 0.6) is 17.2 Å². The number of allylic oxidation sites excluding steroid dienone is 5. The molecule has 1 aliphatic heterocycles. The number of hydrogen-bond acceptors (Lipinski definition) is 8. The Morgan fingerprint density at radius 3 is 2.05 bits per heavy atom. The van der Waals surface area contributed by atoms with Crippen molar-refractivity contribution in [2.24, 2.45) is 17.3 Å². The molecule has 8 nitrogen and oxygen atoms in total. The molecule has 0 unspecified atom stereocenters. The van der Waals surface area contributed by atoms with Crippen LogP contribution in [0.1, 0.15) is 90.2 Å². The number of Topliss-reactive ketones (excluding diaryl/α,β-unsaturated/α-hetero) is 3. The number of rotatable bonds is 8. The van der Waals surface area contributed by atoms with Crippen LogP contribution in [0.15, 0.2) is 40.4 Å². The van der Waals surface area contributed by atoms with E-state index in [0.29, 0.717) is 0 Å². The summed E-state index contributed by atoms with van der Waals surface area (Å²) < 4.78 is 6.00. The summed E-state index contributed by atoms with van der Waals surface area (Å²) in [6, 6.07) is 0. The van der Waals surface area contributed by atoms with Crippen molar-refractivity contribution >= 4 is 23.4 Å². The van der Waals surface area contributed by atoms with Crippen molar-refractivity contribution in [1.82, 2.24) is 0 Å². The minimum Gasteiger partial charge on any atom is -0.511 e. The van der Waals surface area contributed by atoms with Crippen molar-refractivity contribution in [3.05, 3.63) is 57.1 Å². The van der Waals surface area contributed by atoms with Gasteiger partial charge in [-0.1, -0.05) is 39.3 Å². The molecule has 0 fully saturated rings. The Balaban J connectivity index is 2.36. The zero-order valence-electron chi connectivity index (χ0n) is 24.7. The molecule has 0 amide bonds. The summed E-state index contributed by atoms with van der Waals surface area (Å²) in [4.78, 5) is 40.0. The number of ketones is 3. The van der Waals surface area contributed by atoms with Crippen LogP contribution in [0.4, 0.5) is 0 Å². The Morgan fingerprint density at radius 1 is 0.950 bits per heavy atom. The molecular formula is C32H40O8. The summed E-state index contributed by atoms with van der Waals surface area (Å²) in [6.45, 7) is 15.2. The molecule has 1 aromatic carbocycles. The highest BCUT2D eigenvalue weighted by Crippen LogP contribution is 2.50. The Kier molecular flexibility index (Phi) is 8.17. The van der Waals surface area contributed by atoms with Gasteiger partial charge in [-0.15, -0.1) is 0 Å². The molecule has 1 aliphatic carbocycles. The van der Waals surface area contributed by atoms with E-state index in [4.69, 9.17) is 4.74 Å².